The fourth-order valence-electron chi connectivity index (χ4n) is 3.34. The van der Waals surface area contributed by atoms with Crippen LogP contribution in [0.3, 0.4) is 0 Å². The molecule has 4 nitrogen and oxygen atoms in total. The van der Waals surface area contributed by atoms with E-state index in [4.69, 9.17) is 4.74 Å². The summed E-state index contributed by atoms with van der Waals surface area (Å²) in [4.78, 5) is 14.0. The fourth-order valence-corrected chi connectivity index (χ4v) is 3.34. The van der Waals surface area contributed by atoms with E-state index in [9.17, 15) is 4.79 Å². The van der Waals surface area contributed by atoms with Crippen molar-refractivity contribution in [2.45, 2.75) is 89.9 Å². The number of carbonyl (C=O) groups is 1. The third-order valence-corrected chi connectivity index (χ3v) is 4.33. The van der Waals surface area contributed by atoms with Gasteiger partial charge in [-0.1, -0.05) is 12.8 Å². The van der Waals surface area contributed by atoms with Crippen molar-refractivity contribution in [3.8, 4) is 0 Å². The van der Waals surface area contributed by atoms with Crippen LogP contribution in [0.2, 0.25) is 0 Å². The van der Waals surface area contributed by atoms with E-state index in [0.29, 0.717) is 12.1 Å². The molecule has 0 radical (unpaired) electrons. The summed E-state index contributed by atoms with van der Waals surface area (Å²) in [7, 11) is 0. The normalized spacial score (nSPS) is 28.7. The van der Waals surface area contributed by atoms with Crippen molar-refractivity contribution in [3.63, 3.8) is 0 Å². The Labute approximate surface area is 123 Å². The molecule has 20 heavy (non-hydrogen) atoms. The molecule has 1 aliphatic carbocycles. The van der Waals surface area contributed by atoms with E-state index in [1.54, 1.807) is 0 Å². The standard InChI is InChI=1S/C16H30N2O2/c1-12-11-14(17-13-7-5-6-8-13)9-10-18(12)15(19)20-16(2,3)4/h12-14,17H,5-11H2,1-4H3. The highest BCUT2D eigenvalue weighted by molar-refractivity contribution is 5.68. The summed E-state index contributed by atoms with van der Waals surface area (Å²) in [5.41, 5.74) is -0.407. The highest BCUT2D eigenvalue weighted by Crippen LogP contribution is 2.24. The number of hydrogen-bond acceptors (Lipinski definition) is 3. The zero-order valence-electron chi connectivity index (χ0n) is 13.4. The lowest BCUT2D eigenvalue weighted by molar-refractivity contribution is 0.00902. The first-order chi connectivity index (χ1) is 9.35. The molecule has 1 heterocycles. The molecule has 2 fully saturated rings. The minimum atomic E-state index is -0.407. The van der Waals surface area contributed by atoms with Crippen LogP contribution in [-0.4, -0.2) is 41.3 Å². The lowest BCUT2D eigenvalue weighted by Gasteiger charge is -2.39. The number of nitrogens with zero attached hydrogens (tertiary/aromatic N) is 1. The number of ether oxygens (including phenoxy) is 1. The maximum atomic E-state index is 12.2. The molecule has 2 aliphatic rings. The summed E-state index contributed by atoms with van der Waals surface area (Å²) in [6, 6.07) is 1.53. The molecule has 116 valence electrons. The van der Waals surface area contributed by atoms with Crippen LogP contribution >= 0.6 is 0 Å². The van der Waals surface area contributed by atoms with Crippen LogP contribution in [0.5, 0.6) is 0 Å². The molecule has 1 saturated carbocycles. The topological polar surface area (TPSA) is 41.6 Å². The Morgan fingerprint density at radius 2 is 1.80 bits per heavy atom. The van der Waals surface area contributed by atoms with Crippen LogP contribution in [0.4, 0.5) is 4.79 Å². The zero-order chi connectivity index (χ0) is 14.8. The molecule has 0 bridgehead atoms. The summed E-state index contributed by atoms with van der Waals surface area (Å²) in [5.74, 6) is 0. The average molecular weight is 282 g/mol. The molecule has 1 saturated heterocycles. The molecule has 4 heteroatoms. The van der Waals surface area contributed by atoms with Gasteiger partial charge >= 0.3 is 6.09 Å². The summed E-state index contributed by atoms with van der Waals surface area (Å²) < 4.78 is 5.48. The zero-order valence-corrected chi connectivity index (χ0v) is 13.4. The minimum Gasteiger partial charge on any atom is -0.444 e. The van der Waals surface area contributed by atoms with Crippen molar-refractivity contribution >= 4 is 6.09 Å². The van der Waals surface area contributed by atoms with Gasteiger partial charge in [-0.25, -0.2) is 4.79 Å². The van der Waals surface area contributed by atoms with Crippen LogP contribution in [-0.2, 0) is 4.74 Å². The Morgan fingerprint density at radius 3 is 2.35 bits per heavy atom. The maximum Gasteiger partial charge on any atom is 0.410 e. The van der Waals surface area contributed by atoms with E-state index in [2.05, 4.69) is 12.2 Å². The summed E-state index contributed by atoms with van der Waals surface area (Å²) in [5, 5.41) is 3.78. The Morgan fingerprint density at radius 1 is 1.15 bits per heavy atom. The van der Waals surface area contributed by atoms with Gasteiger partial charge in [0.2, 0.25) is 0 Å². The van der Waals surface area contributed by atoms with E-state index in [-0.39, 0.29) is 12.1 Å². The molecule has 0 spiro atoms. The fraction of sp³-hybridized carbons (Fsp3) is 0.938. The van der Waals surface area contributed by atoms with E-state index >= 15 is 0 Å². The van der Waals surface area contributed by atoms with Crippen LogP contribution in [0.1, 0.15) is 66.2 Å². The van der Waals surface area contributed by atoms with Gasteiger partial charge in [0.15, 0.2) is 0 Å². The predicted molar refractivity (Wildman–Crippen MR) is 80.8 cm³/mol. The van der Waals surface area contributed by atoms with Crippen molar-refractivity contribution in [2.75, 3.05) is 6.54 Å². The number of piperidine rings is 1. The first-order valence-corrected chi connectivity index (χ1v) is 8.11. The van der Waals surface area contributed by atoms with Crippen molar-refractivity contribution in [1.29, 1.82) is 0 Å². The van der Waals surface area contributed by atoms with E-state index in [0.717, 1.165) is 19.4 Å². The summed E-state index contributed by atoms with van der Waals surface area (Å²) in [6.45, 7) is 8.70. The van der Waals surface area contributed by atoms with Crippen molar-refractivity contribution in [2.24, 2.45) is 0 Å². The lowest BCUT2D eigenvalue weighted by Crippen LogP contribution is -2.52. The van der Waals surface area contributed by atoms with Crippen LogP contribution in [0, 0.1) is 0 Å². The second-order valence-corrected chi connectivity index (χ2v) is 7.39. The van der Waals surface area contributed by atoms with Gasteiger partial charge < -0.3 is 15.0 Å². The molecule has 1 N–H and O–H groups in total. The summed E-state index contributed by atoms with van der Waals surface area (Å²) in [6.07, 6.45) is 7.29. The first-order valence-electron chi connectivity index (χ1n) is 8.11. The Bertz CT molecular complexity index is 332. The molecular weight excluding hydrogens is 252 g/mol. The Hall–Kier alpha value is -0.770. The quantitative estimate of drug-likeness (QED) is 0.845. The number of nitrogens with one attached hydrogen (secondary N) is 1. The van der Waals surface area contributed by atoms with E-state index in [1.165, 1.54) is 25.7 Å². The second kappa shape index (κ2) is 6.33. The van der Waals surface area contributed by atoms with Gasteiger partial charge in [0.05, 0.1) is 0 Å². The van der Waals surface area contributed by atoms with Crippen LogP contribution in [0.25, 0.3) is 0 Å². The monoisotopic (exact) mass is 282 g/mol. The number of carbonyl (C=O) groups excluding carboxylic acids is 1. The van der Waals surface area contributed by atoms with Crippen molar-refractivity contribution in [1.82, 2.24) is 10.2 Å². The number of hydrogen-bond donors (Lipinski definition) is 1. The number of rotatable bonds is 2. The Balaban J connectivity index is 1.80. The SMILES string of the molecule is CC1CC(NC2CCCC2)CCN1C(=O)OC(C)(C)C. The molecular formula is C16H30N2O2. The van der Waals surface area contributed by atoms with Gasteiger partial charge in [-0.15, -0.1) is 0 Å². The lowest BCUT2D eigenvalue weighted by atomic mass is 9.97. The molecule has 0 aromatic carbocycles. The van der Waals surface area contributed by atoms with Crippen LogP contribution in [0.15, 0.2) is 0 Å². The van der Waals surface area contributed by atoms with Crippen molar-refractivity contribution in [3.05, 3.63) is 0 Å². The molecule has 2 atom stereocenters. The van der Waals surface area contributed by atoms with E-state index in [1.807, 2.05) is 25.7 Å². The molecule has 2 rings (SSSR count). The smallest absolute Gasteiger partial charge is 0.410 e. The van der Waals surface area contributed by atoms with Gasteiger partial charge in [0, 0.05) is 24.7 Å². The highest BCUT2D eigenvalue weighted by atomic mass is 16.6. The molecule has 0 aromatic rings. The first kappa shape index (κ1) is 15.6. The molecule has 1 amide bonds. The van der Waals surface area contributed by atoms with Crippen molar-refractivity contribution < 1.29 is 9.53 Å². The highest BCUT2D eigenvalue weighted by Gasteiger charge is 2.32. The average Bonchev–Trinajstić information content (AvgIpc) is 2.79. The van der Waals surface area contributed by atoms with Gasteiger partial charge in [-0.2, -0.15) is 0 Å². The minimum absolute atomic E-state index is 0.163. The molecule has 1 aliphatic heterocycles. The van der Waals surface area contributed by atoms with Crippen LogP contribution < -0.4 is 5.32 Å². The van der Waals surface area contributed by atoms with Gasteiger partial charge in [-0.3, -0.25) is 0 Å². The van der Waals surface area contributed by atoms with Gasteiger partial charge in [-0.05, 0) is 53.4 Å². The van der Waals surface area contributed by atoms with E-state index < -0.39 is 5.60 Å². The second-order valence-electron chi connectivity index (χ2n) is 7.39. The third kappa shape index (κ3) is 4.37. The molecule has 0 aromatic heterocycles. The van der Waals surface area contributed by atoms with Gasteiger partial charge in [0.25, 0.3) is 0 Å². The summed E-state index contributed by atoms with van der Waals surface area (Å²) >= 11 is 0. The third-order valence-electron chi connectivity index (χ3n) is 4.33. The molecule has 2 unspecified atom stereocenters. The number of amides is 1. The largest absolute Gasteiger partial charge is 0.444 e. The predicted octanol–water partition coefficient (Wildman–Crippen LogP) is 3.31. The Kier molecular flexibility index (Phi) is 4.95. The van der Waals surface area contributed by atoms with Gasteiger partial charge in [0.1, 0.15) is 5.60 Å². The number of likely N-dealkylation sites (tertiary alicyclic amines) is 1. The maximum absolute atomic E-state index is 12.2.